The first kappa shape index (κ1) is 12.9. The summed E-state index contributed by atoms with van der Waals surface area (Å²) in [6.07, 6.45) is 0. The van der Waals surface area contributed by atoms with Crippen LogP contribution in [0.5, 0.6) is 0 Å². The van der Waals surface area contributed by atoms with E-state index in [1.54, 1.807) is 0 Å². The Balaban J connectivity index is 2.12. The molecule has 0 amide bonds. The third kappa shape index (κ3) is 3.47. The molecular weight excluding hydrogens is 365 g/mol. The molecule has 0 saturated heterocycles. The summed E-state index contributed by atoms with van der Waals surface area (Å²) in [6.45, 7) is 0.695. The second-order valence-electron chi connectivity index (χ2n) is 3.57. The van der Waals surface area contributed by atoms with Crippen molar-refractivity contribution in [3.63, 3.8) is 0 Å². The van der Waals surface area contributed by atoms with E-state index in [9.17, 15) is 0 Å². The summed E-state index contributed by atoms with van der Waals surface area (Å²) >= 11 is 13.1. The summed E-state index contributed by atoms with van der Waals surface area (Å²) < 4.78 is 2.08. The smallest absolute Gasteiger partial charge is 0.0487 e. The molecular formula is C13H10Br2ClN. The lowest BCUT2D eigenvalue weighted by atomic mass is 10.2. The summed E-state index contributed by atoms with van der Waals surface area (Å²) in [7, 11) is 0. The normalized spacial score (nSPS) is 10.3. The number of hydrogen-bond acceptors (Lipinski definition) is 1. The second-order valence-corrected chi connectivity index (χ2v) is 5.75. The minimum absolute atomic E-state index is 0.695. The number of hydrogen-bond donors (Lipinski definition) is 1. The molecule has 2 aromatic rings. The average molecular weight is 375 g/mol. The first-order valence-electron chi connectivity index (χ1n) is 5.09. The summed E-state index contributed by atoms with van der Waals surface area (Å²) in [5.41, 5.74) is 2.13. The van der Waals surface area contributed by atoms with Gasteiger partial charge in [0.05, 0.1) is 0 Å². The van der Waals surface area contributed by atoms with Gasteiger partial charge in [0.25, 0.3) is 0 Å². The van der Waals surface area contributed by atoms with Crippen LogP contribution < -0.4 is 5.32 Å². The third-order valence-electron chi connectivity index (χ3n) is 2.35. The fraction of sp³-hybridized carbons (Fsp3) is 0.0769. The third-order valence-corrected chi connectivity index (χ3v) is 3.90. The molecule has 2 aromatic carbocycles. The van der Waals surface area contributed by atoms with Gasteiger partial charge >= 0.3 is 0 Å². The Morgan fingerprint density at radius 1 is 1.06 bits per heavy atom. The van der Waals surface area contributed by atoms with Gasteiger partial charge in [-0.3, -0.25) is 0 Å². The lowest BCUT2D eigenvalue weighted by molar-refractivity contribution is 1.14. The van der Waals surface area contributed by atoms with Gasteiger partial charge < -0.3 is 5.32 Å². The van der Waals surface area contributed by atoms with Gasteiger partial charge in [-0.1, -0.05) is 39.7 Å². The SMILES string of the molecule is Clc1ccc(Br)cc1CNc1ccccc1Br. The maximum Gasteiger partial charge on any atom is 0.0487 e. The molecule has 17 heavy (non-hydrogen) atoms. The highest BCUT2D eigenvalue weighted by atomic mass is 79.9. The van der Waals surface area contributed by atoms with Crippen LogP contribution in [0.15, 0.2) is 51.4 Å². The van der Waals surface area contributed by atoms with Crippen LogP contribution in [0.3, 0.4) is 0 Å². The van der Waals surface area contributed by atoms with E-state index in [1.165, 1.54) is 0 Å². The molecule has 0 heterocycles. The standard InChI is InChI=1S/C13H10Br2ClN/c14-10-5-6-12(16)9(7-10)8-17-13-4-2-1-3-11(13)15/h1-7,17H,8H2. The monoisotopic (exact) mass is 373 g/mol. The van der Waals surface area contributed by atoms with Crippen LogP contribution in [0.1, 0.15) is 5.56 Å². The number of nitrogens with one attached hydrogen (secondary N) is 1. The van der Waals surface area contributed by atoms with Gasteiger partial charge in [-0.25, -0.2) is 0 Å². The minimum atomic E-state index is 0.695. The Morgan fingerprint density at radius 3 is 2.59 bits per heavy atom. The maximum atomic E-state index is 6.13. The van der Waals surface area contributed by atoms with Gasteiger partial charge in [0.1, 0.15) is 0 Å². The molecule has 0 aliphatic carbocycles. The molecule has 4 heteroatoms. The van der Waals surface area contributed by atoms with E-state index >= 15 is 0 Å². The topological polar surface area (TPSA) is 12.0 Å². The highest BCUT2D eigenvalue weighted by molar-refractivity contribution is 9.10. The van der Waals surface area contributed by atoms with Gasteiger partial charge in [-0.05, 0) is 51.8 Å². The van der Waals surface area contributed by atoms with Crippen molar-refractivity contribution in [1.29, 1.82) is 0 Å². The summed E-state index contributed by atoms with van der Waals surface area (Å²) in [5, 5.41) is 4.12. The van der Waals surface area contributed by atoms with Crippen LogP contribution in [0, 0.1) is 0 Å². The zero-order chi connectivity index (χ0) is 12.3. The van der Waals surface area contributed by atoms with Crippen LogP contribution in [-0.4, -0.2) is 0 Å². The first-order valence-corrected chi connectivity index (χ1v) is 7.05. The predicted octanol–water partition coefficient (Wildman–Crippen LogP) is 5.48. The summed E-state index contributed by atoms with van der Waals surface area (Å²) in [6, 6.07) is 13.9. The van der Waals surface area contributed by atoms with Crippen molar-refractivity contribution in [3.8, 4) is 0 Å². The number of rotatable bonds is 3. The Bertz CT molecular complexity index is 529. The predicted molar refractivity (Wildman–Crippen MR) is 80.6 cm³/mol. The fourth-order valence-corrected chi connectivity index (χ4v) is 2.49. The van der Waals surface area contributed by atoms with Gasteiger partial charge in [0, 0.05) is 26.2 Å². The van der Waals surface area contributed by atoms with E-state index in [0.29, 0.717) is 6.54 Å². The van der Waals surface area contributed by atoms with Crippen molar-refractivity contribution in [1.82, 2.24) is 0 Å². The molecule has 0 radical (unpaired) electrons. The molecule has 0 bridgehead atoms. The van der Waals surface area contributed by atoms with Gasteiger partial charge in [0.2, 0.25) is 0 Å². The van der Waals surface area contributed by atoms with E-state index in [0.717, 1.165) is 25.2 Å². The van der Waals surface area contributed by atoms with Crippen molar-refractivity contribution >= 4 is 49.1 Å². The fourth-order valence-electron chi connectivity index (χ4n) is 1.47. The Kier molecular flexibility index (Phi) is 4.48. The van der Waals surface area contributed by atoms with Crippen LogP contribution >= 0.6 is 43.5 Å². The average Bonchev–Trinajstić information content (AvgIpc) is 2.32. The molecule has 1 nitrogen and oxygen atoms in total. The first-order chi connectivity index (χ1) is 8.16. The molecule has 0 aliphatic heterocycles. The Labute approximate surface area is 122 Å². The largest absolute Gasteiger partial charge is 0.380 e. The number of para-hydroxylation sites is 1. The van der Waals surface area contributed by atoms with E-state index < -0.39 is 0 Å². The van der Waals surface area contributed by atoms with E-state index in [-0.39, 0.29) is 0 Å². The second kappa shape index (κ2) is 5.89. The van der Waals surface area contributed by atoms with Crippen molar-refractivity contribution in [2.45, 2.75) is 6.54 Å². The zero-order valence-electron chi connectivity index (χ0n) is 8.88. The Hall–Kier alpha value is -0.510. The lowest BCUT2D eigenvalue weighted by Gasteiger charge is -2.10. The molecule has 88 valence electrons. The molecule has 0 aliphatic rings. The van der Waals surface area contributed by atoms with Crippen LogP contribution in [-0.2, 0) is 6.54 Å². The van der Waals surface area contributed by atoms with Crippen LogP contribution in [0.2, 0.25) is 5.02 Å². The molecule has 0 saturated carbocycles. The molecule has 0 atom stereocenters. The van der Waals surface area contributed by atoms with Crippen molar-refractivity contribution in [2.75, 3.05) is 5.32 Å². The van der Waals surface area contributed by atoms with Gasteiger partial charge in [0.15, 0.2) is 0 Å². The highest BCUT2D eigenvalue weighted by Gasteiger charge is 2.02. The van der Waals surface area contributed by atoms with E-state index in [1.807, 2.05) is 42.5 Å². The van der Waals surface area contributed by atoms with E-state index in [2.05, 4.69) is 37.2 Å². The molecule has 2 rings (SSSR count). The number of halogens is 3. The summed E-state index contributed by atoms with van der Waals surface area (Å²) in [4.78, 5) is 0. The molecule has 0 aromatic heterocycles. The number of anilines is 1. The lowest BCUT2D eigenvalue weighted by Crippen LogP contribution is -2.00. The Morgan fingerprint density at radius 2 is 1.82 bits per heavy atom. The number of benzene rings is 2. The van der Waals surface area contributed by atoms with Crippen molar-refractivity contribution in [2.24, 2.45) is 0 Å². The zero-order valence-corrected chi connectivity index (χ0v) is 12.8. The van der Waals surface area contributed by atoms with Crippen LogP contribution in [0.4, 0.5) is 5.69 Å². The van der Waals surface area contributed by atoms with Crippen molar-refractivity contribution < 1.29 is 0 Å². The minimum Gasteiger partial charge on any atom is -0.380 e. The molecule has 1 N–H and O–H groups in total. The quantitative estimate of drug-likeness (QED) is 0.749. The highest BCUT2D eigenvalue weighted by Crippen LogP contribution is 2.25. The van der Waals surface area contributed by atoms with Gasteiger partial charge in [-0.15, -0.1) is 0 Å². The maximum absolute atomic E-state index is 6.13. The molecule has 0 spiro atoms. The van der Waals surface area contributed by atoms with Crippen molar-refractivity contribution in [3.05, 3.63) is 62.0 Å². The summed E-state index contributed by atoms with van der Waals surface area (Å²) in [5.74, 6) is 0. The van der Waals surface area contributed by atoms with E-state index in [4.69, 9.17) is 11.6 Å². The van der Waals surface area contributed by atoms with Gasteiger partial charge in [-0.2, -0.15) is 0 Å². The molecule has 0 unspecified atom stereocenters. The molecule has 0 fully saturated rings. The van der Waals surface area contributed by atoms with Crippen LogP contribution in [0.25, 0.3) is 0 Å².